The summed E-state index contributed by atoms with van der Waals surface area (Å²) in [6.45, 7) is 2.35. The molecule has 35 heavy (non-hydrogen) atoms. The van der Waals surface area contributed by atoms with Crippen LogP contribution in [0.4, 0.5) is 10.7 Å². The van der Waals surface area contributed by atoms with Crippen molar-refractivity contribution in [3.63, 3.8) is 0 Å². The summed E-state index contributed by atoms with van der Waals surface area (Å²) in [6.07, 6.45) is -0.393. The summed E-state index contributed by atoms with van der Waals surface area (Å²) in [5, 5.41) is 1.00. The summed E-state index contributed by atoms with van der Waals surface area (Å²) in [5.74, 6) is 0.417. The monoisotopic (exact) mass is 459 g/mol. The molecule has 1 amide bonds. The molecule has 1 atom stereocenters. The Morgan fingerprint density at radius 2 is 1.40 bits per heavy atom. The van der Waals surface area contributed by atoms with E-state index in [-0.39, 0.29) is 18.6 Å². The molecule has 4 heteroatoms. The molecule has 172 valence electrons. The van der Waals surface area contributed by atoms with E-state index in [1.54, 1.807) is 4.90 Å². The minimum absolute atomic E-state index is 0.125. The quantitative estimate of drug-likeness (QED) is 0.271. The standard InChI is InChI=1S/C31H25NO3/c1-21-17-18-27-25(19-21)29(28(23-13-7-3-8-14-23)24-15-9-4-10-16-24)30(35-27)32-26(20-34-31(32)33)22-11-5-2-6-12-22/h2-19,26,28H,20H2,1H3. The molecule has 4 aromatic carbocycles. The van der Waals surface area contributed by atoms with E-state index in [1.165, 1.54) is 0 Å². The SMILES string of the molecule is Cc1ccc2oc(N3C(=O)OCC3c3ccccc3)c(C(c3ccccc3)c3ccccc3)c2c1. The molecule has 0 saturated carbocycles. The Bertz CT molecular complexity index is 1440. The van der Waals surface area contributed by atoms with Crippen LogP contribution in [-0.2, 0) is 4.74 Å². The Labute approximate surface area is 204 Å². The van der Waals surface area contributed by atoms with E-state index in [0.29, 0.717) is 5.88 Å². The van der Waals surface area contributed by atoms with Crippen LogP contribution in [-0.4, -0.2) is 12.7 Å². The Kier molecular flexibility index (Phi) is 5.34. The highest BCUT2D eigenvalue weighted by Gasteiger charge is 2.41. The van der Waals surface area contributed by atoms with Gasteiger partial charge in [0.05, 0.1) is 0 Å². The number of furan rings is 1. The van der Waals surface area contributed by atoms with Gasteiger partial charge in [0.25, 0.3) is 0 Å². The summed E-state index contributed by atoms with van der Waals surface area (Å²) >= 11 is 0. The zero-order chi connectivity index (χ0) is 23.8. The van der Waals surface area contributed by atoms with E-state index in [1.807, 2.05) is 54.6 Å². The second-order valence-corrected chi connectivity index (χ2v) is 8.95. The fourth-order valence-corrected chi connectivity index (χ4v) is 5.06. The van der Waals surface area contributed by atoms with Crippen molar-refractivity contribution in [1.82, 2.24) is 0 Å². The van der Waals surface area contributed by atoms with Gasteiger partial charge in [0.15, 0.2) is 0 Å². The van der Waals surface area contributed by atoms with E-state index in [0.717, 1.165) is 38.8 Å². The normalized spacial score (nSPS) is 15.7. The number of rotatable bonds is 5. The van der Waals surface area contributed by atoms with Gasteiger partial charge in [-0.1, -0.05) is 103 Å². The highest BCUT2D eigenvalue weighted by Crippen LogP contribution is 2.47. The lowest BCUT2D eigenvalue weighted by molar-refractivity contribution is 0.178. The molecule has 0 spiro atoms. The number of ether oxygens (including phenoxy) is 1. The van der Waals surface area contributed by atoms with Gasteiger partial charge in [-0.05, 0) is 35.7 Å². The van der Waals surface area contributed by atoms with Gasteiger partial charge in [0, 0.05) is 16.9 Å². The maximum atomic E-state index is 13.2. The number of carbonyl (C=O) groups is 1. The predicted molar refractivity (Wildman–Crippen MR) is 138 cm³/mol. The van der Waals surface area contributed by atoms with Crippen molar-refractivity contribution in [3.8, 4) is 0 Å². The fraction of sp³-hybridized carbons (Fsp3) is 0.129. The van der Waals surface area contributed by atoms with Gasteiger partial charge in [-0.3, -0.25) is 0 Å². The number of hydrogen-bond acceptors (Lipinski definition) is 3. The van der Waals surface area contributed by atoms with E-state index in [2.05, 4.69) is 61.5 Å². The number of anilines is 1. The first-order valence-corrected chi connectivity index (χ1v) is 11.8. The molecule has 0 radical (unpaired) electrons. The lowest BCUT2D eigenvalue weighted by atomic mass is 9.84. The van der Waals surface area contributed by atoms with Gasteiger partial charge in [0.2, 0.25) is 5.88 Å². The van der Waals surface area contributed by atoms with Crippen LogP contribution in [0.1, 0.15) is 39.8 Å². The largest absolute Gasteiger partial charge is 0.446 e. The van der Waals surface area contributed by atoms with E-state index in [4.69, 9.17) is 9.15 Å². The van der Waals surface area contributed by atoms with Crippen LogP contribution in [0.2, 0.25) is 0 Å². The third kappa shape index (κ3) is 3.77. The molecule has 1 aromatic heterocycles. The first-order valence-electron chi connectivity index (χ1n) is 11.8. The molecule has 0 N–H and O–H groups in total. The zero-order valence-corrected chi connectivity index (χ0v) is 19.4. The third-order valence-corrected chi connectivity index (χ3v) is 6.69. The number of fused-ring (bicyclic) bond motifs is 1. The van der Waals surface area contributed by atoms with E-state index in [9.17, 15) is 4.79 Å². The van der Waals surface area contributed by atoms with Gasteiger partial charge in [-0.15, -0.1) is 0 Å². The summed E-state index contributed by atoms with van der Waals surface area (Å²) in [7, 11) is 0. The van der Waals surface area contributed by atoms with Crippen molar-refractivity contribution in [1.29, 1.82) is 0 Å². The Hall–Kier alpha value is -4.31. The molecule has 6 rings (SSSR count). The first-order chi connectivity index (χ1) is 17.2. The van der Waals surface area contributed by atoms with Crippen LogP contribution < -0.4 is 4.90 Å². The van der Waals surface area contributed by atoms with E-state index >= 15 is 0 Å². The van der Waals surface area contributed by atoms with Crippen molar-refractivity contribution in [2.24, 2.45) is 0 Å². The highest BCUT2D eigenvalue weighted by molar-refractivity contribution is 5.96. The average molecular weight is 460 g/mol. The lowest BCUT2D eigenvalue weighted by Gasteiger charge is -2.24. The van der Waals surface area contributed by atoms with Crippen molar-refractivity contribution >= 4 is 22.9 Å². The van der Waals surface area contributed by atoms with Crippen LogP contribution in [0, 0.1) is 6.92 Å². The molecular formula is C31H25NO3. The predicted octanol–water partition coefficient (Wildman–Crippen LogP) is 7.62. The molecule has 1 aliphatic heterocycles. The Balaban J connectivity index is 1.63. The van der Waals surface area contributed by atoms with Gasteiger partial charge in [0.1, 0.15) is 18.2 Å². The first kappa shape index (κ1) is 21.2. The highest BCUT2D eigenvalue weighted by atomic mass is 16.6. The molecule has 0 bridgehead atoms. The smallest absolute Gasteiger partial charge is 0.417 e. The summed E-state index contributed by atoms with van der Waals surface area (Å²) < 4.78 is 12.1. The molecule has 0 aliphatic carbocycles. The number of nitrogens with zero attached hydrogens (tertiary/aromatic N) is 1. The number of benzene rings is 4. The molecule has 5 aromatic rings. The number of amides is 1. The van der Waals surface area contributed by atoms with Gasteiger partial charge >= 0.3 is 6.09 Å². The van der Waals surface area contributed by atoms with E-state index < -0.39 is 6.09 Å². The number of carbonyl (C=O) groups excluding carboxylic acids is 1. The Morgan fingerprint density at radius 3 is 2.03 bits per heavy atom. The molecule has 2 heterocycles. The van der Waals surface area contributed by atoms with Crippen molar-refractivity contribution < 1.29 is 13.9 Å². The molecule has 1 aliphatic rings. The van der Waals surface area contributed by atoms with Crippen molar-refractivity contribution in [2.45, 2.75) is 18.9 Å². The number of cyclic esters (lactones) is 1. The van der Waals surface area contributed by atoms with Gasteiger partial charge < -0.3 is 9.15 Å². The van der Waals surface area contributed by atoms with Gasteiger partial charge in [-0.2, -0.15) is 0 Å². The summed E-state index contributed by atoms with van der Waals surface area (Å²) in [6, 6.07) is 36.7. The van der Waals surface area contributed by atoms with Crippen LogP contribution in [0.15, 0.2) is 114 Å². The third-order valence-electron chi connectivity index (χ3n) is 6.69. The zero-order valence-electron chi connectivity index (χ0n) is 19.4. The maximum absolute atomic E-state index is 13.2. The second kappa shape index (κ2) is 8.80. The topological polar surface area (TPSA) is 42.7 Å². The fourth-order valence-electron chi connectivity index (χ4n) is 5.06. The lowest BCUT2D eigenvalue weighted by Crippen LogP contribution is -2.28. The second-order valence-electron chi connectivity index (χ2n) is 8.95. The minimum Gasteiger partial charge on any atom is -0.446 e. The van der Waals surface area contributed by atoms with Crippen LogP contribution in [0.3, 0.4) is 0 Å². The maximum Gasteiger partial charge on any atom is 0.417 e. The van der Waals surface area contributed by atoms with Gasteiger partial charge in [-0.25, -0.2) is 9.69 Å². The number of hydrogen-bond donors (Lipinski definition) is 0. The molecule has 1 saturated heterocycles. The summed E-state index contributed by atoms with van der Waals surface area (Å²) in [4.78, 5) is 14.9. The summed E-state index contributed by atoms with van der Waals surface area (Å²) in [5.41, 5.74) is 6.14. The van der Waals surface area contributed by atoms with Crippen molar-refractivity contribution in [3.05, 3.63) is 137 Å². The molecule has 1 unspecified atom stereocenters. The average Bonchev–Trinajstić information content (AvgIpc) is 3.46. The van der Waals surface area contributed by atoms with Crippen LogP contribution in [0.25, 0.3) is 11.0 Å². The van der Waals surface area contributed by atoms with Crippen LogP contribution in [0.5, 0.6) is 0 Å². The Morgan fingerprint density at radius 1 is 0.800 bits per heavy atom. The molecule has 4 nitrogen and oxygen atoms in total. The molecule has 1 fully saturated rings. The van der Waals surface area contributed by atoms with Crippen molar-refractivity contribution in [2.75, 3.05) is 11.5 Å². The number of aryl methyl sites for hydroxylation is 1. The molecular weight excluding hydrogens is 434 g/mol. The van der Waals surface area contributed by atoms with Crippen LogP contribution >= 0.6 is 0 Å². The minimum atomic E-state index is -0.393.